The van der Waals surface area contributed by atoms with Crippen LogP contribution in [0.1, 0.15) is 27.8 Å². The Bertz CT molecular complexity index is 2090. The highest BCUT2D eigenvalue weighted by atomic mass is 15.2. The number of anilines is 6. The van der Waals surface area contributed by atoms with E-state index in [0.29, 0.717) is 0 Å². The summed E-state index contributed by atoms with van der Waals surface area (Å²) in [6.45, 7) is 2.35. The van der Waals surface area contributed by atoms with Crippen LogP contribution in [0.2, 0.25) is 0 Å². The normalized spacial score (nSPS) is 12.7. The number of para-hydroxylation sites is 2. The number of aryl methyl sites for hydroxylation is 1. The Hall–Kier alpha value is -5.80. The summed E-state index contributed by atoms with van der Waals surface area (Å²) in [5, 5.41) is 0. The van der Waals surface area contributed by atoms with Crippen molar-refractivity contribution in [3.8, 4) is 0 Å². The molecule has 3 heteroatoms. The molecule has 228 valence electrons. The zero-order chi connectivity index (χ0) is 32.0. The van der Waals surface area contributed by atoms with Gasteiger partial charge in [0.05, 0.1) is 0 Å². The van der Waals surface area contributed by atoms with Gasteiger partial charge in [-0.25, -0.2) is 0 Å². The van der Waals surface area contributed by atoms with E-state index in [-0.39, 0.29) is 6.71 Å². The number of hydrogen-bond donors (Lipinski definition) is 0. The maximum absolute atomic E-state index is 2.50. The molecule has 0 spiro atoms. The lowest BCUT2D eigenvalue weighted by Gasteiger charge is -2.44. The van der Waals surface area contributed by atoms with E-state index in [9.17, 15) is 0 Å². The molecule has 9 rings (SSSR count). The van der Waals surface area contributed by atoms with Crippen LogP contribution in [-0.4, -0.2) is 6.71 Å². The van der Waals surface area contributed by atoms with Gasteiger partial charge in [0.1, 0.15) is 0 Å². The van der Waals surface area contributed by atoms with E-state index in [1.54, 1.807) is 0 Å². The summed E-state index contributed by atoms with van der Waals surface area (Å²) in [7, 11) is 0. The highest BCUT2D eigenvalue weighted by Gasteiger charge is 2.43. The molecule has 7 aromatic rings. The molecule has 0 saturated heterocycles. The lowest BCUT2D eigenvalue weighted by Crippen LogP contribution is -2.61. The van der Waals surface area contributed by atoms with Crippen molar-refractivity contribution in [1.29, 1.82) is 0 Å². The topological polar surface area (TPSA) is 6.48 Å². The third-order valence-electron chi connectivity index (χ3n) is 9.88. The number of benzene rings is 7. The quantitative estimate of drug-likeness (QED) is 0.172. The van der Waals surface area contributed by atoms with Gasteiger partial charge in [0.25, 0.3) is 6.71 Å². The second-order valence-electron chi connectivity index (χ2n) is 13.1. The van der Waals surface area contributed by atoms with Crippen molar-refractivity contribution in [2.75, 3.05) is 9.80 Å². The molecule has 2 heterocycles. The molecule has 0 atom stereocenters. The van der Waals surface area contributed by atoms with Gasteiger partial charge in [0, 0.05) is 34.1 Å². The number of hydrogen-bond acceptors (Lipinski definition) is 2. The molecule has 0 fully saturated rings. The smallest absolute Gasteiger partial charge is 0.252 e. The van der Waals surface area contributed by atoms with Crippen LogP contribution in [0.4, 0.5) is 34.1 Å². The van der Waals surface area contributed by atoms with Crippen molar-refractivity contribution in [1.82, 2.24) is 0 Å². The van der Waals surface area contributed by atoms with Gasteiger partial charge in [-0.3, -0.25) is 0 Å². The number of nitrogens with zero attached hydrogens (tertiary/aromatic N) is 2. The zero-order valence-electron chi connectivity index (χ0n) is 27.1. The third-order valence-corrected chi connectivity index (χ3v) is 9.88. The standard InChI is InChI=1S/C45H35BN2/c1-32-26-43-45-44(27-32)48(38-20-12-5-13-21-38)42-31-36(29-34-16-8-3-9-17-34)23-25-40(42)46(45)39-24-22-35(28-33-14-6-2-7-15-33)30-41(39)47(43)37-18-10-4-11-19-37/h2-27,30-31H,28-29H2,1H3. The van der Waals surface area contributed by atoms with Gasteiger partial charge in [-0.2, -0.15) is 0 Å². The summed E-state index contributed by atoms with van der Waals surface area (Å²) in [4.78, 5) is 5.01. The van der Waals surface area contributed by atoms with E-state index in [1.165, 1.54) is 78.3 Å². The van der Waals surface area contributed by atoms with Gasteiger partial charge in [-0.05, 0) is 113 Å². The van der Waals surface area contributed by atoms with E-state index in [1.807, 2.05) is 0 Å². The summed E-state index contributed by atoms with van der Waals surface area (Å²) >= 11 is 0. The second kappa shape index (κ2) is 11.8. The fraction of sp³-hybridized carbons (Fsp3) is 0.0667. The summed E-state index contributed by atoms with van der Waals surface area (Å²) in [5.74, 6) is 0. The largest absolute Gasteiger partial charge is 0.311 e. The average molecular weight is 615 g/mol. The monoisotopic (exact) mass is 614 g/mol. The Kier molecular flexibility index (Phi) is 6.97. The van der Waals surface area contributed by atoms with Gasteiger partial charge < -0.3 is 9.80 Å². The summed E-state index contributed by atoms with van der Waals surface area (Å²) < 4.78 is 0. The third kappa shape index (κ3) is 4.91. The van der Waals surface area contributed by atoms with E-state index in [0.717, 1.165) is 12.8 Å². The molecular weight excluding hydrogens is 579 g/mol. The highest BCUT2D eigenvalue weighted by Crippen LogP contribution is 2.44. The van der Waals surface area contributed by atoms with Crippen LogP contribution >= 0.6 is 0 Å². The summed E-state index contributed by atoms with van der Waals surface area (Å²) in [6, 6.07) is 62.5. The van der Waals surface area contributed by atoms with E-state index >= 15 is 0 Å². The molecule has 0 unspecified atom stereocenters. The fourth-order valence-corrected chi connectivity index (χ4v) is 7.81. The molecule has 0 aromatic heterocycles. The van der Waals surface area contributed by atoms with Crippen molar-refractivity contribution in [3.63, 3.8) is 0 Å². The van der Waals surface area contributed by atoms with Crippen molar-refractivity contribution in [2.45, 2.75) is 19.8 Å². The molecule has 0 aliphatic carbocycles. The SMILES string of the molecule is Cc1cc2c3c(c1)N(c1ccccc1)c1cc(Cc4ccccc4)ccc1B3c1ccc(Cc3ccccc3)cc1N2c1ccccc1. The van der Waals surface area contributed by atoms with Gasteiger partial charge in [-0.15, -0.1) is 0 Å². The molecule has 2 aliphatic heterocycles. The highest BCUT2D eigenvalue weighted by molar-refractivity contribution is 7.00. The predicted octanol–water partition coefficient (Wildman–Crippen LogP) is 9.26. The van der Waals surface area contributed by atoms with Crippen molar-refractivity contribution in [2.24, 2.45) is 0 Å². The molecule has 2 nitrogen and oxygen atoms in total. The molecule has 7 aromatic carbocycles. The van der Waals surface area contributed by atoms with Gasteiger partial charge in [0.2, 0.25) is 0 Å². The fourth-order valence-electron chi connectivity index (χ4n) is 7.81. The van der Waals surface area contributed by atoms with Crippen LogP contribution < -0.4 is 26.2 Å². The van der Waals surface area contributed by atoms with Gasteiger partial charge in [0.15, 0.2) is 0 Å². The molecule has 0 radical (unpaired) electrons. The van der Waals surface area contributed by atoms with Crippen LogP contribution in [0, 0.1) is 6.92 Å². The van der Waals surface area contributed by atoms with Crippen LogP contribution in [0.5, 0.6) is 0 Å². The number of rotatable bonds is 6. The summed E-state index contributed by atoms with van der Waals surface area (Å²) in [6.07, 6.45) is 1.79. The lowest BCUT2D eigenvalue weighted by molar-refractivity contribution is 1.17. The Labute approximate surface area is 283 Å². The van der Waals surface area contributed by atoms with Crippen molar-refractivity contribution < 1.29 is 0 Å². The Morgan fingerprint density at radius 1 is 0.396 bits per heavy atom. The van der Waals surface area contributed by atoms with E-state index in [4.69, 9.17) is 0 Å². The minimum Gasteiger partial charge on any atom is -0.311 e. The molecule has 0 N–H and O–H groups in total. The van der Waals surface area contributed by atoms with E-state index < -0.39 is 0 Å². The van der Waals surface area contributed by atoms with Crippen LogP contribution in [0.3, 0.4) is 0 Å². The van der Waals surface area contributed by atoms with Crippen molar-refractivity contribution in [3.05, 3.63) is 198 Å². The molecule has 2 aliphatic rings. The Morgan fingerprint density at radius 3 is 1.21 bits per heavy atom. The molecule has 0 saturated carbocycles. The van der Waals surface area contributed by atoms with Crippen LogP contribution in [-0.2, 0) is 12.8 Å². The first kappa shape index (κ1) is 28.4. The maximum atomic E-state index is 2.50. The first-order valence-electron chi connectivity index (χ1n) is 16.9. The van der Waals surface area contributed by atoms with Crippen LogP contribution in [0.25, 0.3) is 0 Å². The predicted molar refractivity (Wildman–Crippen MR) is 204 cm³/mol. The minimum atomic E-state index is 0.108. The summed E-state index contributed by atoms with van der Waals surface area (Å²) in [5.41, 5.74) is 18.0. The first-order valence-corrected chi connectivity index (χ1v) is 16.9. The molecule has 0 amide bonds. The van der Waals surface area contributed by atoms with Crippen molar-refractivity contribution >= 4 is 57.2 Å². The molecule has 48 heavy (non-hydrogen) atoms. The van der Waals surface area contributed by atoms with Gasteiger partial charge >= 0.3 is 0 Å². The molecule has 0 bridgehead atoms. The second-order valence-corrected chi connectivity index (χ2v) is 13.1. The van der Waals surface area contributed by atoms with Gasteiger partial charge in [-0.1, -0.05) is 121 Å². The maximum Gasteiger partial charge on any atom is 0.252 e. The minimum absolute atomic E-state index is 0.108. The average Bonchev–Trinajstić information content (AvgIpc) is 3.13. The molecular formula is C45H35BN2. The zero-order valence-corrected chi connectivity index (χ0v) is 27.1. The first-order chi connectivity index (χ1) is 23.7. The number of fused-ring (bicyclic) bond motifs is 4. The van der Waals surface area contributed by atoms with E-state index in [2.05, 4.69) is 187 Å². The van der Waals surface area contributed by atoms with Crippen LogP contribution in [0.15, 0.2) is 170 Å². The lowest BCUT2D eigenvalue weighted by atomic mass is 9.33. The Balaban J connectivity index is 1.29. The Morgan fingerprint density at radius 2 is 0.792 bits per heavy atom.